The van der Waals surface area contributed by atoms with Crippen molar-refractivity contribution in [1.29, 1.82) is 0 Å². The van der Waals surface area contributed by atoms with Crippen molar-refractivity contribution in [3.63, 3.8) is 0 Å². The van der Waals surface area contributed by atoms with E-state index in [1.165, 1.54) is 11.3 Å². The summed E-state index contributed by atoms with van der Waals surface area (Å²) in [4.78, 5) is 25.5. The molecule has 0 fully saturated rings. The van der Waals surface area contributed by atoms with Gasteiger partial charge in [-0.05, 0) is 42.5 Å². The van der Waals surface area contributed by atoms with Crippen LogP contribution in [0.2, 0.25) is 0 Å². The lowest BCUT2D eigenvalue weighted by Gasteiger charge is -2.16. The first-order valence-electron chi connectivity index (χ1n) is 8.80. The molecule has 0 saturated carbocycles. The average molecular weight is 433 g/mol. The molecule has 0 bridgehead atoms. The van der Waals surface area contributed by atoms with Gasteiger partial charge in [-0.15, -0.1) is 11.3 Å². The monoisotopic (exact) mass is 433 g/mol. The lowest BCUT2D eigenvalue weighted by molar-refractivity contribution is -0.137. The molecule has 5 nitrogen and oxygen atoms in total. The molecule has 3 aromatic rings. The Bertz CT molecular complexity index is 1110. The second-order valence-corrected chi connectivity index (χ2v) is 7.50. The summed E-state index contributed by atoms with van der Waals surface area (Å²) in [5.41, 5.74) is 1.10. The number of para-hydroxylation sites is 1. The van der Waals surface area contributed by atoms with Crippen LogP contribution in [0, 0.1) is 0 Å². The van der Waals surface area contributed by atoms with Crippen molar-refractivity contribution in [2.75, 3.05) is 11.9 Å². The Morgan fingerprint density at radius 2 is 1.83 bits per heavy atom. The van der Waals surface area contributed by atoms with Gasteiger partial charge in [0.05, 0.1) is 5.56 Å². The third-order valence-electron chi connectivity index (χ3n) is 4.36. The number of thiophene rings is 1. The predicted molar refractivity (Wildman–Crippen MR) is 104 cm³/mol. The van der Waals surface area contributed by atoms with Crippen LogP contribution in [0.1, 0.15) is 20.8 Å². The van der Waals surface area contributed by atoms with Crippen LogP contribution in [0.25, 0.3) is 10.4 Å². The number of alkyl halides is 3. The van der Waals surface area contributed by atoms with Crippen molar-refractivity contribution < 1.29 is 32.2 Å². The molecule has 1 N–H and O–H groups in total. The molecule has 30 heavy (non-hydrogen) atoms. The molecular weight excluding hydrogens is 419 g/mol. The van der Waals surface area contributed by atoms with Crippen molar-refractivity contribution in [3.05, 3.63) is 70.6 Å². The van der Waals surface area contributed by atoms with Gasteiger partial charge in [-0.2, -0.15) is 13.2 Å². The van der Waals surface area contributed by atoms with E-state index < -0.39 is 30.2 Å². The van der Waals surface area contributed by atoms with Gasteiger partial charge in [0.2, 0.25) is 0 Å². The molecule has 1 aromatic heterocycles. The lowest BCUT2D eigenvalue weighted by Crippen LogP contribution is -2.20. The first-order chi connectivity index (χ1) is 14.3. The standard InChI is InChI=1S/C21H14F3NO4S/c22-21(23,24)13-5-7-14(8-6-13)25-18(26)11-29-20(27)17-9-12-10-28-16-4-2-1-3-15(16)19(12)30-17/h1-9H,10-11H2,(H,25,26). The highest BCUT2D eigenvalue weighted by Gasteiger charge is 2.30. The second-order valence-electron chi connectivity index (χ2n) is 6.45. The van der Waals surface area contributed by atoms with Crippen LogP contribution < -0.4 is 10.1 Å². The van der Waals surface area contributed by atoms with Crippen LogP contribution in [0.5, 0.6) is 5.75 Å². The molecule has 2 aromatic carbocycles. The number of anilines is 1. The number of hydrogen-bond acceptors (Lipinski definition) is 5. The number of nitrogens with one attached hydrogen (secondary N) is 1. The molecule has 0 radical (unpaired) electrons. The highest BCUT2D eigenvalue weighted by Crippen LogP contribution is 2.42. The summed E-state index contributed by atoms with van der Waals surface area (Å²) in [5, 5.41) is 2.39. The van der Waals surface area contributed by atoms with E-state index >= 15 is 0 Å². The van der Waals surface area contributed by atoms with Crippen molar-refractivity contribution >= 4 is 28.9 Å². The van der Waals surface area contributed by atoms with Crippen molar-refractivity contribution in [2.24, 2.45) is 0 Å². The molecule has 0 atom stereocenters. The zero-order valence-electron chi connectivity index (χ0n) is 15.3. The minimum Gasteiger partial charge on any atom is -0.488 e. The number of benzene rings is 2. The summed E-state index contributed by atoms with van der Waals surface area (Å²) in [6, 6.07) is 13.1. The Morgan fingerprint density at radius 1 is 1.10 bits per heavy atom. The molecule has 0 saturated heterocycles. The fourth-order valence-corrected chi connectivity index (χ4v) is 4.03. The van der Waals surface area contributed by atoms with Gasteiger partial charge < -0.3 is 14.8 Å². The fourth-order valence-electron chi connectivity index (χ4n) is 2.94. The van der Waals surface area contributed by atoms with Crippen LogP contribution in [-0.2, 0) is 22.3 Å². The van der Waals surface area contributed by atoms with Gasteiger partial charge in [0.25, 0.3) is 5.91 Å². The van der Waals surface area contributed by atoms with Gasteiger partial charge in [0, 0.05) is 21.7 Å². The lowest BCUT2D eigenvalue weighted by atomic mass is 10.1. The Labute approximate surface area is 173 Å². The molecule has 1 aliphatic heterocycles. The fraction of sp³-hybridized carbons (Fsp3) is 0.143. The van der Waals surface area contributed by atoms with Gasteiger partial charge in [0.15, 0.2) is 6.61 Å². The number of carbonyl (C=O) groups is 2. The van der Waals surface area contributed by atoms with E-state index in [0.717, 1.165) is 46.0 Å². The molecule has 0 spiro atoms. The number of hydrogen-bond donors (Lipinski definition) is 1. The van der Waals surface area contributed by atoms with E-state index in [4.69, 9.17) is 9.47 Å². The quantitative estimate of drug-likeness (QED) is 0.580. The summed E-state index contributed by atoms with van der Waals surface area (Å²) in [6.45, 7) is -0.222. The van der Waals surface area contributed by atoms with E-state index in [1.807, 2.05) is 24.3 Å². The summed E-state index contributed by atoms with van der Waals surface area (Å²) >= 11 is 1.25. The second kappa shape index (κ2) is 7.83. The van der Waals surface area contributed by atoms with Crippen LogP contribution >= 0.6 is 11.3 Å². The Morgan fingerprint density at radius 3 is 2.57 bits per heavy atom. The Kier molecular flexibility index (Phi) is 5.21. The first kappa shape index (κ1) is 20.0. The summed E-state index contributed by atoms with van der Waals surface area (Å²) in [7, 11) is 0. The summed E-state index contributed by atoms with van der Waals surface area (Å²) in [5.74, 6) is -0.574. The molecular formula is C21H14F3NO4S. The van der Waals surface area contributed by atoms with Crippen LogP contribution in [-0.4, -0.2) is 18.5 Å². The van der Waals surface area contributed by atoms with Crippen LogP contribution in [0.4, 0.5) is 18.9 Å². The van der Waals surface area contributed by atoms with Gasteiger partial charge in [-0.1, -0.05) is 12.1 Å². The zero-order chi connectivity index (χ0) is 21.3. The molecule has 1 aliphatic rings. The number of amides is 1. The van der Waals surface area contributed by atoms with Gasteiger partial charge in [-0.25, -0.2) is 4.79 Å². The number of ether oxygens (including phenoxy) is 2. The maximum absolute atomic E-state index is 12.6. The number of rotatable bonds is 4. The van der Waals surface area contributed by atoms with E-state index in [9.17, 15) is 22.8 Å². The van der Waals surface area contributed by atoms with E-state index in [2.05, 4.69) is 5.32 Å². The Hall–Kier alpha value is -3.33. The van der Waals surface area contributed by atoms with Crippen molar-refractivity contribution in [3.8, 4) is 16.2 Å². The predicted octanol–water partition coefficient (Wildman–Crippen LogP) is 5.12. The number of esters is 1. The van der Waals surface area contributed by atoms with Gasteiger partial charge >= 0.3 is 12.1 Å². The van der Waals surface area contributed by atoms with Crippen molar-refractivity contribution in [1.82, 2.24) is 0 Å². The molecule has 9 heteroatoms. The van der Waals surface area contributed by atoms with Gasteiger partial charge in [-0.3, -0.25) is 4.79 Å². The molecule has 4 rings (SSSR count). The largest absolute Gasteiger partial charge is 0.488 e. The summed E-state index contributed by atoms with van der Waals surface area (Å²) in [6.07, 6.45) is -4.45. The van der Waals surface area contributed by atoms with Crippen molar-refractivity contribution in [2.45, 2.75) is 12.8 Å². The van der Waals surface area contributed by atoms with E-state index in [-0.39, 0.29) is 5.69 Å². The number of halogens is 3. The molecule has 0 unspecified atom stereocenters. The summed E-state index contributed by atoms with van der Waals surface area (Å²) < 4.78 is 48.4. The topological polar surface area (TPSA) is 64.6 Å². The molecule has 1 amide bonds. The number of fused-ring (bicyclic) bond motifs is 3. The first-order valence-corrected chi connectivity index (χ1v) is 9.62. The molecule has 154 valence electrons. The minimum absolute atomic E-state index is 0.171. The van der Waals surface area contributed by atoms with Gasteiger partial charge in [0.1, 0.15) is 17.2 Å². The third-order valence-corrected chi connectivity index (χ3v) is 5.55. The average Bonchev–Trinajstić information content (AvgIpc) is 3.17. The zero-order valence-corrected chi connectivity index (χ0v) is 16.1. The maximum atomic E-state index is 12.6. The van der Waals surface area contributed by atoms with Crippen LogP contribution in [0.15, 0.2) is 54.6 Å². The number of carbonyl (C=O) groups excluding carboxylic acids is 2. The molecule has 2 heterocycles. The SMILES string of the molecule is O=C(COC(=O)c1cc2c(s1)-c1ccccc1OC2)Nc1ccc(C(F)(F)F)cc1. The van der Waals surface area contributed by atoms with Crippen LogP contribution in [0.3, 0.4) is 0 Å². The van der Waals surface area contributed by atoms with E-state index in [1.54, 1.807) is 6.07 Å². The Balaban J connectivity index is 1.36. The third kappa shape index (κ3) is 4.16. The highest BCUT2D eigenvalue weighted by atomic mass is 32.1. The van der Waals surface area contributed by atoms with E-state index in [0.29, 0.717) is 11.5 Å². The normalized spacial score (nSPS) is 12.4. The highest BCUT2D eigenvalue weighted by molar-refractivity contribution is 7.17. The molecule has 0 aliphatic carbocycles. The smallest absolute Gasteiger partial charge is 0.416 e. The minimum atomic E-state index is -4.45. The maximum Gasteiger partial charge on any atom is 0.416 e.